The maximum Gasteiger partial charge on any atom is 0.337 e. The van der Waals surface area contributed by atoms with Crippen LogP contribution in [0.4, 0.5) is 5.69 Å². The third-order valence-corrected chi connectivity index (χ3v) is 4.80. The van der Waals surface area contributed by atoms with Crippen LogP contribution in [0.15, 0.2) is 12.1 Å². The number of hydrogen-bond donors (Lipinski definition) is 1. The predicted molar refractivity (Wildman–Crippen MR) is 76.5 cm³/mol. The van der Waals surface area contributed by atoms with Crippen LogP contribution in [0.5, 0.6) is 0 Å². The van der Waals surface area contributed by atoms with E-state index in [9.17, 15) is 9.90 Å². The fourth-order valence-electron chi connectivity index (χ4n) is 3.41. The highest BCUT2D eigenvalue weighted by Crippen LogP contribution is 2.49. The second-order valence-electron chi connectivity index (χ2n) is 5.65. The zero-order valence-corrected chi connectivity index (χ0v) is 12.0. The quantitative estimate of drug-likeness (QED) is 0.895. The first-order valence-corrected chi connectivity index (χ1v) is 7.24. The second-order valence-corrected chi connectivity index (χ2v) is 6.50. The van der Waals surface area contributed by atoms with Crippen LogP contribution >= 0.6 is 23.2 Å². The lowest BCUT2D eigenvalue weighted by molar-refractivity contribution is 0.0696. The molecule has 1 spiro atoms. The van der Waals surface area contributed by atoms with Crippen LogP contribution in [-0.4, -0.2) is 24.2 Å². The van der Waals surface area contributed by atoms with Gasteiger partial charge in [-0.1, -0.05) is 36.0 Å². The van der Waals surface area contributed by atoms with Gasteiger partial charge < -0.3 is 10.0 Å². The summed E-state index contributed by atoms with van der Waals surface area (Å²) in [6.07, 6.45) is 5.07. The first-order valence-electron chi connectivity index (χ1n) is 6.48. The normalized spacial score (nSPS) is 20.6. The Morgan fingerprint density at radius 2 is 1.84 bits per heavy atom. The molecule has 3 rings (SSSR count). The summed E-state index contributed by atoms with van der Waals surface area (Å²) in [6, 6.07) is 3.09. The first kappa shape index (κ1) is 13.1. The number of halogens is 2. The van der Waals surface area contributed by atoms with Crippen molar-refractivity contribution >= 4 is 34.9 Å². The Kier molecular flexibility index (Phi) is 3.14. The van der Waals surface area contributed by atoms with Crippen molar-refractivity contribution in [2.75, 3.05) is 18.0 Å². The molecule has 0 atom stereocenters. The molecule has 1 aromatic carbocycles. The zero-order valence-electron chi connectivity index (χ0n) is 10.5. The molecule has 0 amide bonds. The number of nitrogens with zero attached hydrogens (tertiary/aromatic N) is 1. The van der Waals surface area contributed by atoms with Crippen LogP contribution in [0.2, 0.25) is 10.0 Å². The molecule has 102 valence electrons. The van der Waals surface area contributed by atoms with Crippen molar-refractivity contribution in [1.29, 1.82) is 0 Å². The molecule has 0 unspecified atom stereocenters. The van der Waals surface area contributed by atoms with E-state index in [-0.39, 0.29) is 5.56 Å². The number of anilines is 1. The van der Waals surface area contributed by atoms with E-state index >= 15 is 0 Å². The highest BCUT2D eigenvalue weighted by atomic mass is 35.5. The van der Waals surface area contributed by atoms with Crippen LogP contribution in [0.25, 0.3) is 0 Å². The molecule has 1 aromatic rings. The molecule has 0 radical (unpaired) electrons. The number of aromatic carboxylic acids is 1. The van der Waals surface area contributed by atoms with Crippen LogP contribution < -0.4 is 4.90 Å². The van der Waals surface area contributed by atoms with Crippen LogP contribution in [-0.2, 0) is 0 Å². The standard InChI is InChI=1S/C14H15Cl2NO2/c15-9-5-10(13(18)19)12(11(16)6-9)17-7-14(8-17)3-1-2-4-14/h5-6H,1-4,7-8H2,(H,18,19). The zero-order chi connectivity index (χ0) is 13.6. The topological polar surface area (TPSA) is 40.5 Å². The third-order valence-electron chi connectivity index (χ3n) is 4.29. The smallest absolute Gasteiger partial charge is 0.337 e. The van der Waals surface area contributed by atoms with E-state index in [1.165, 1.54) is 31.7 Å². The Bertz CT molecular complexity index is 530. The summed E-state index contributed by atoms with van der Waals surface area (Å²) >= 11 is 12.1. The summed E-state index contributed by atoms with van der Waals surface area (Å²) in [5, 5.41) is 10.1. The van der Waals surface area contributed by atoms with Gasteiger partial charge in [0.15, 0.2) is 0 Å². The summed E-state index contributed by atoms with van der Waals surface area (Å²) in [5.74, 6) is -0.980. The SMILES string of the molecule is O=C(O)c1cc(Cl)cc(Cl)c1N1CC2(CCCC2)C1. The van der Waals surface area contributed by atoms with Gasteiger partial charge in [0.25, 0.3) is 0 Å². The summed E-state index contributed by atoms with van der Waals surface area (Å²) in [7, 11) is 0. The minimum atomic E-state index is -0.980. The molecule has 1 aliphatic carbocycles. The summed E-state index contributed by atoms with van der Waals surface area (Å²) in [5.41, 5.74) is 1.22. The molecule has 1 saturated carbocycles. The van der Waals surface area contributed by atoms with Crippen LogP contribution in [0, 0.1) is 5.41 Å². The number of rotatable bonds is 2. The van der Waals surface area contributed by atoms with E-state index in [4.69, 9.17) is 23.2 Å². The molecule has 0 aromatic heterocycles. The maximum atomic E-state index is 11.3. The Morgan fingerprint density at radius 1 is 1.21 bits per heavy atom. The van der Waals surface area contributed by atoms with Gasteiger partial charge in [0.1, 0.15) is 0 Å². The molecule has 2 fully saturated rings. The van der Waals surface area contributed by atoms with Crippen LogP contribution in [0.3, 0.4) is 0 Å². The Balaban J connectivity index is 1.91. The molecular formula is C14H15Cl2NO2. The van der Waals surface area contributed by atoms with Gasteiger partial charge in [0.2, 0.25) is 0 Å². The van der Waals surface area contributed by atoms with Crippen LogP contribution in [0.1, 0.15) is 36.0 Å². The van der Waals surface area contributed by atoms with Gasteiger partial charge in [-0.3, -0.25) is 0 Å². The van der Waals surface area contributed by atoms with Gasteiger partial charge in [-0.15, -0.1) is 0 Å². The summed E-state index contributed by atoms with van der Waals surface area (Å²) in [4.78, 5) is 13.4. The molecule has 2 aliphatic rings. The molecule has 1 aliphatic heterocycles. The average Bonchev–Trinajstić information content (AvgIpc) is 2.75. The third kappa shape index (κ3) is 2.19. The lowest BCUT2D eigenvalue weighted by Gasteiger charge is -2.50. The van der Waals surface area contributed by atoms with E-state index < -0.39 is 5.97 Å². The lowest BCUT2D eigenvalue weighted by atomic mass is 9.78. The number of hydrogen-bond acceptors (Lipinski definition) is 2. The van der Waals surface area contributed by atoms with Gasteiger partial charge in [0.05, 0.1) is 16.3 Å². The molecular weight excluding hydrogens is 285 g/mol. The summed E-state index contributed by atoms with van der Waals surface area (Å²) < 4.78 is 0. The highest BCUT2D eigenvalue weighted by molar-refractivity contribution is 6.37. The molecule has 1 saturated heterocycles. The van der Waals surface area contributed by atoms with Crippen molar-refractivity contribution in [2.24, 2.45) is 5.41 Å². The molecule has 1 heterocycles. The van der Waals surface area contributed by atoms with Crippen molar-refractivity contribution < 1.29 is 9.90 Å². The first-order chi connectivity index (χ1) is 9.01. The Hall–Kier alpha value is -0.930. The van der Waals surface area contributed by atoms with Crippen molar-refractivity contribution in [3.8, 4) is 0 Å². The minimum absolute atomic E-state index is 0.199. The van der Waals surface area contributed by atoms with Gasteiger partial charge in [-0.2, -0.15) is 0 Å². The number of carbonyl (C=O) groups is 1. The van der Waals surface area contributed by atoms with E-state index in [1.807, 2.05) is 0 Å². The fourth-order valence-corrected chi connectivity index (χ4v) is 4.03. The van der Waals surface area contributed by atoms with E-state index in [1.54, 1.807) is 6.07 Å². The number of carboxylic acid groups (broad SMARTS) is 1. The summed E-state index contributed by atoms with van der Waals surface area (Å²) in [6.45, 7) is 1.82. The van der Waals surface area contributed by atoms with Gasteiger partial charge in [0, 0.05) is 23.5 Å². The average molecular weight is 300 g/mol. The lowest BCUT2D eigenvalue weighted by Crippen LogP contribution is -2.55. The molecule has 0 bridgehead atoms. The second kappa shape index (κ2) is 4.57. The number of carboxylic acids is 1. The van der Waals surface area contributed by atoms with E-state index in [0.717, 1.165) is 13.1 Å². The van der Waals surface area contributed by atoms with Gasteiger partial charge >= 0.3 is 5.97 Å². The number of benzene rings is 1. The highest BCUT2D eigenvalue weighted by Gasteiger charge is 2.46. The van der Waals surface area contributed by atoms with Crippen molar-refractivity contribution in [3.63, 3.8) is 0 Å². The molecule has 1 N–H and O–H groups in total. The van der Waals surface area contributed by atoms with Crippen molar-refractivity contribution in [3.05, 3.63) is 27.7 Å². The van der Waals surface area contributed by atoms with Crippen molar-refractivity contribution in [2.45, 2.75) is 25.7 Å². The van der Waals surface area contributed by atoms with E-state index in [2.05, 4.69) is 4.90 Å². The van der Waals surface area contributed by atoms with Gasteiger partial charge in [-0.05, 0) is 25.0 Å². The molecule has 5 heteroatoms. The largest absolute Gasteiger partial charge is 0.478 e. The van der Waals surface area contributed by atoms with E-state index in [0.29, 0.717) is 21.1 Å². The fraction of sp³-hybridized carbons (Fsp3) is 0.500. The van der Waals surface area contributed by atoms with Crippen molar-refractivity contribution in [1.82, 2.24) is 0 Å². The Morgan fingerprint density at radius 3 is 2.42 bits per heavy atom. The Labute approximate surface area is 122 Å². The molecule has 19 heavy (non-hydrogen) atoms. The molecule has 3 nitrogen and oxygen atoms in total. The predicted octanol–water partition coefficient (Wildman–Crippen LogP) is 4.07. The minimum Gasteiger partial charge on any atom is -0.478 e. The van der Waals surface area contributed by atoms with Gasteiger partial charge in [-0.25, -0.2) is 4.79 Å². The monoisotopic (exact) mass is 299 g/mol. The maximum absolute atomic E-state index is 11.3.